The van der Waals surface area contributed by atoms with Gasteiger partial charge in [0, 0.05) is 30.5 Å². The van der Waals surface area contributed by atoms with Crippen molar-refractivity contribution in [1.82, 2.24) is 9.80 Å². The van der Waals surface area contributed by atoms with Gasteiger partial charge in [-0.3, -0.25) is 10.2 Å². The summed E-state index contributed by atoms with van der Waals surface area (Å²) in [6.45, 7) is 3.93. The summed E-state index contributed by atoms with van der Waals surface area (Å²) in [5.41, 5.74) is 1.33. The van der Waals surface area contributed by atoms with Crippen LogP contribution in [0.15, 0.2) is 24.3 Å². The van der Waals surface area contributed by atoms with Crippen molar-refractivity contribution in [2.24, 2.45) is 0 Å². The van der Waals surface area contributed by atoms with Crippen molar-refractivity contribution < 1.29 is 14.3 Å². The van der Waals surface area contributed by atoms with Gasteiger partial charge in [0.05, 0.1) is 7.11 Å². The molecule has 2 aliphatic rings. The van der Waals surface area contributed by atoms with Crippen molar-refractivity contribution in [3.63, 3.8) is 0 Å². The minimum Gasteiger partial charge on any atom is -0.453 e. The van der Waals surface area contributed by atoms with Gasteiger partial charge in [-0.25, -0.2) is 9.59 Å². The summed E-state index contributed by atoms with van der Waals surface area (Å²) < 4.78 is 4.55. The number of methoxy groups -OCH3 is 1. The van der Waals surface area contributed by atoms with Crippen molar-refractivity contribution in [2.45, 2.75) is 31.7 Å². The van der Waals surface area contributed by atoms with Gasteiger partial charge in [0.1, 0.15) is 0 Å². The zero-order valence-electron chi connectivity index (χ0n) is 14.7. The molecule has 3 rings (SSSR count). The molecule has 1 atom stereocenters. The Morgan fingerprint density at radius 3 is 2.28 bits per heavy atom. The molecule has 7 heteroatoms. The predicted octanol–water partition coefficient (Wildman–Crippen LogP) is 2.96. The molecule has 1 aromatic carbocycles. The van der Waals surface area contributed by atoms with Crippen molar-refractivity contribution in [3.05, 3.63) is 24.3 Å². The number of benzene rings is 1. The molecule has 0 saturated carbocycles. The number of carbonyl (C=O) groups excluding carboxylic acids is 2. The van der Waals surface area contributed by atoms with Crippen LogP contribution in [-0.2, 0) is 4.74 Å². The molecule has 25 heavy (non-hydrogen) atoms. The van der Waals surface area contributed by atoms with Crippen LogP contribution in [0.1, 0.15) is 25.7 Å². The fourth-order valence-electron chi connectivity index (χ4n) is 3.55. The summed E-state index contributed by atoms with van der Waals surface area (Å²) in [7, 11) is 1.32. The van der Waals surface area contributed by atoms with Crippen molar-refractivity contribution in [2.75, 3.05) is 43.9 Å². The standard InChI is InChI=1S/C18H26N4O3/c1-25-18(24)20-15-8-6-14(7-9-15)19-17(23)22-12-4-5-16(13-22)21-10-2-3-11-21/h6-9,16H,2-5,10-13H2,1H3,(H,19,23)(H,20,24)/t16-/m0/s1. The van der Waals surface area contributed by atoms with Crippen LogP contribution < -0.4 is 10.6 Å². The first kappa shape index (κ1) is 17.5. The summed E-state index contributed by atoms with van der Waals surface area (Å²) in [5, 5.41) is 5.52. The number of ether oxygens (including phenoxy) is 1. The van der Waals surface area contributed by atoms with Gasteiger partial charge in [0.15, 0.2) is 0 Å². The van der Waals surface area contributed by atoms with Crippen LogP contribution in [0.4, 0.5) is 21.0 Å². The summed E-state index contributed by atoms with van der Waals surface area (Å²) in [6, 6.07) is 7.44. The largest absolute Gasteiger partial charge is 0.453 e. The third kappa shape index (κ3) is 4.63. The van der Waals surface area contributed by atoms with Crippen LogP contribution in [-0.4, -0.2) is 61.3 Å². The Kier molecular flexibility index (Phi) is 5.75. The van der Waals surface area contributed by atoms with E-state index in [2.05, 4.69) is 20.3 Å². The third-order valence-corrected chi connectivity index (χ3v) is 4.91. The minimum atomic E-state index is -0.516. The van der Waals surface area contributed by atoms with E-state index in [0.29, 0.717) is 17.4 Å². The van der Waals surface area contributed by atoms with E-state index in [9.17, 15) is 9.59 Å². The Labute approximate surface area is 148 Å². The second-order valence-corrected chi connectivity index (χ2v) is 6.61. The second kappa shape index (κ2) is 8.20. The van der Waals surface area contributed by atoms with Gasteiger partial charge in [-0.15, -0.1) is 0 Å². The number of anilines is 2. The van der Waals surface area contributed by atoms with Gasteiger partial charge in [0.25, 0.3) is 0 Å². The number of urea groups is 1. The lowest BCUT2D eigenvalue weighted by Gasteiger charge is -2.37. The van der Waals surface area contributed by atoms with Gasteiger partial charge in [-0.1, -0.05) is 0 Å². The molecule has 1 aromatic rings. The smallest absolute Gasteiger partial charge is 0.411 e. The normalized spacial score (nSPS) is 21.0. The van der Waals surface area contributed by atoms with E-state index in [1.807, 2.05) is 4.90 Å². The highest BCUT2D eigenvalue weighted by atomic mass is 16.5. The minimum absolute atomic E-state index is 0.0578. The van der Waals surface area contributed by atoms with Crippen molar-refractivity contribution in [3.8, 4) is 0 Å². The highest BCUT2D eigenvalue weighted by Gasteiger charge is 2.29. The first-order valence-electron chi connectivity index (χ1n) is 8.91. The SMILES string of the molecule is COC(=O)Nc1ccc(NC(=O)N2CCC[C@H](N3CCCC3)C2)cc1. The zero-order valence-corrected chi connectivity index (χ0v) is 14.7. The molecule has 2 heterocycles. The van der Waals surface area contributed by atoms with E-state index in [4.69, 9.17) is 0 Å². The molecule has 0 aliphatic carbocycles. The van der Waals surface area contributed by atoms with Crippen LogP contribution in [0.3, 0.4) is 0 Å². The maximum atomic E-state index is 12.5. The molecule has 2 aliphatic heterocycles. The van der Waals surface area contributed by atoms with Crippen LogP contribution in [0.2, 0.25) is 0 Å². The molecular weight excluding hydrogens is 320 g/mol. The quantitative estimate of drug-likeness (QED) is 0.882. The molecular formula is C18H26N4O3. The number of carbonyl (C=O) groups is 2. The fourth-order valence-corrected chi connectivity index (χ4v) is 3.55. The Morgan fingerprint density at radius 2 is 1.64 bits per heavy atom. The average molecular weight is 346 g/mol. The molecule has 0 aromatic heterocycles. The van der Waals surface area contributed by atoms with Gasteiger partial charge in [-0.05, 0) is 63.0 Å². The van der Waals surface area contributed by atoms with Crippen LogP contribution in [0, 0.1) is 0 Å². The predicted molar refractivity (Wildman–Crippen MR) is 96.9 cm³/mol. The molecule has 136 valence electrons. The first-order chi connectivity index (χ1) is 12.2. The number of likely N-dealkylation sites (tertiary alicyclic amines) is 2. The average Bonchev–Trinajstić information content (AvgIpc) is 3.18. The molecule has 0 unspecified atom stereocenters. The summed E-state index contributed by atoms with van der Waals surface area (Å²) in [4.78, 5) is 28.2. The Balaban J connectivity index is 1.53. The summed E-state index contributed by atoms with van der Waals surface area (Å²) in [6.07, 6.45) is 4.26. The number of piperidine rings is 1. The van der Waals surface area contributed by atoms with Crippen LogP contribution in [0.25, 0.3) is 0 Å². The molecule has 3 amide bonds. The Morgan fingerprint density at radius 1 is 1.00 bits per heavy atom. The maximum Gasteiger partial charge on any atom is 0.411 e. The highest BCUT2D eigenvalue weighted by molar-refractivity contribution is 5.90. The van der Waals surface area contributed by atoms with Gasteiger partial charge in [-0.2, -0.15) is 0 Å². The number of rotatable bonds is 3. The third-order valence-electron chi connectivity index (χ3n) is 4.91. The highest BCUT2D eigenvalue weighted by Crippen LogP contribution is 2.21. The number of nitrogens with zero attached hydrogens (tertiary/aromatic N) is 2. The van der Waals surface area contributed by atoms with Gasteiger partial charge >= 0.3 is 12.1 Å². The molecule has 2 saturated heterocycles. The lowest BCUT2D eigenvalue weighted by atomic mass is 10.0. The summed E-state index contributed by atoms with van der Waals surface area (Å²) >= 11 is 0. The number of hydrogen-bond donors (Lipinski definition) is 2. The van der Waals surface area contributed by atoms with E-state index in [1.54, 1.807) is 24.3 Å². The fraction of sp³-hybridized carbons (Fsp3) is 0.556. The van der Waals surface area contributed by atoms with Crippen LogP contribution in [0.5, 0.6) is 0 Å². The summed E-state index contributed by atoms with van der Waals surface area (Å²) in [5.74, 6) is 0. The first-order valence-corrected chi connectivity index (χ1v) is 8.91. The van der Waals surface area contributed by atoms with E-state index in [1.165, 1.54) is 26.4 Å². The molecule has 0 bridgehead atoms. The van der Waals surface area contributed by atoms with Gasteiger partial charge in [0.2, 0.25) is 0 Å². The van der Waals surface area contributed by atoms with E-state index in [-0.39, 0.29) is 6.03 Å². The molecule has 2 fully saturated rings. The Hall–Kier alpha value is -2.28. The van der Waals surface area contributed by atoms with Crippen molar-refractivity contribution in [1.29, 1.82) is 0 Å². The topological polar surface area (TPSA) is 73.9 Å². The number of nitrogens with one attached hydrogen (secondary N) is 2. The van der Waals surface area contributed by atoms with Crippen LogP contribution >= 0.6 is 0 Å². The lowest BCUT2D eigenvalue weighted by Crippen LogP contribution is -2.50. The van der Waals surface area contributed by atoms with Gasteiger partial charge < -0.3 is 15.0 Å². The molecule has 0 spiro atoms. The molecule has 2 N–H and O–H groups in total. The second-order valence-electron chi connectivity index (χ2n) is 6.61. The Bertz CT molecular complexity index is 599. The molecule has 7 nitrogen and oxygen atoms in total. The van der Waals surface area contributed by atoms with Crippen molar-refractivity contribution >= 4 is 23.5 Å². The van der Waals surface area contributed by atoms with E-state index in [0.717, 1.165) is 32.6 Å². The van der Waals surface area contributed by atoms with E-state index >= 15 is 0 Å². The zero-order chi connectivity index (χ0) is 17.6. The maximum absolute atomic E-state index is 12.5. The lowest BCUT2D eigenvalue weighted by molar-refractivity contribution is 0.132. The number of hydrogen-bond acceptors (Lipinski definition) is 4. The molecule has 0 radical (unpaired) electrons. The number of amides is 3. The monoisotopic (exact) mass is 346 g/mol. The van der Waals surface area contributed by atoms with E-state index < -0.39 is 6.09 Å².